The van der Waals surface area contributed by atoms with E-state index in [0.29, 0.717) is 5.75 Å². The van der Waals surface area contributed by atoms with Gasteiger partial charge in [-0.3, -0.25) is 9.00 Å². The molecular formula is C15H15NO4S. The van der Waals surface area contributed by atoms with Crippen LogP contribution in [0.15, 0.2) is 53.4 Å². The Hall–Kier alpha value is -2.34. The molecule has 0 saturated heterocycles. The van der Waals surface area contributed by atoms with Crippen LogP contribution in [0.5, 0.6) is 11.5 Å². The number of aromatic hydroxyl groups is 1. The Kier molecular flexibility index (Phi) is 4.94. The molecule has 0 saturated carbocycles. The minimum absolute atomic E-state index is 0.0657. The van der Waals surface area contributed by atoms with Gasteiger partial charge in [-0.05, 0) is 30.3 Å². The molecule has 0 spiro atoms. The van der Waals surface area contributed by atoms with Crippen LogP contribution in [0.3, 0.4) is 0 Å². The van der Waals surface area contributed by atoms with Gasteiger partial charge in [0.15, 0.2) is 0 Å². The number of phenolic OH excluding ortho intramolecular Hbond substituents is 1. The molecule has 0 bridgehead atoms. The molecule has 0 aliphatic heterocycles. The normalized spacial score (nSPS) is 11.8. The summed E-state index contributed by atoms with van der Waals surface area (Å²) in [5, 5.41) is 9.34. The van der Waals surface area contributed by atoms with Crippen molar-refractivity contribution >= 4 is 16.7 Å². The van der Waals surface area contributed by atoms with Crippen molar-refractivity contribution in [1.29, 1.82) is 0 Å². The number of nitrogens with two attached hydrogens (primary N) is 1. The van der Waals surface area contributed by atoms with E-state index in [1.165, 1.54) is 18.2 Å². The van der Waals surface area contributed by atoms with Gasteiger partial charge in [-0.25, -0.2) is 0 Å². The molecule has 0 aliphatic carbocycles. The highest BCUT2D eigenvalue weighted by molar-refractivity contribution is 7.85. The monoisotopic (exact) mass is 305 g/mol. The second-order valence-electron chi connectivity index (χ2n) is 4.26. The standard InChI is InChI=1S/C15H15NO4S/c16-15(18)13-10-11(17)6-7-14(13)20-8-9-21(19)12-4-2-1-3-5-12/h1-7,10,17H,8-9H2,(H2,16,18)/t21-/m1/s1. The summed E-state index contributed by atoms with van der Waals surface area (Å²) in [5.74, 6) is -0.192. The van der Waals surface area contributed by atoms with Crippen LogP contribution in [-0.2, 0) is 10.8 Å². The molecule has 5 nitrogen and oxygen atoms in total. The van der Waals surface area contributed by atoms with Crippen molar-refractivity contribution in [3.05, 3.63) is 54.1 Å². The second-order valence-corrected chi connectivity index (χ2v) is 5.83. The van der Waals surface area contributed by atoms with Gasteiger partial charge in [-0.1, -0.05) is 18.2 Å². The summed E-state index contributed by atoms with van der Waals surface area (Å²) in [6.07, 6.45) is 0. The van der Waals surface area contributed by atoms with Crippen molar-refractivity contribution in [2.45, 2.75) is 4.90 Å². The Balaban J connectivity index is 1.98. The maximum Gasteiger partial charge on any atom is 0.252 e. The van der Waals surface area contributed by atoms with E-state index in [1.54, 1.807) is 12.1 Å². The number of amides is 1. The minimum Gasteiger partial charge on any atom is -0.508 e. The van der Waals surface area contributed by atoms with Crippen LogP contribution in [0.2, 0.25) is 0 Å². The SMILES string of the molecule is NC(=O)c1cc(O)ccc1OCC[S@@](=O)c1ccccc1. The molecule has 0 radical (unpaired) electrons. The summed E-state index contributed by atoms with van der Waals surface area (Å²) in [4.78, 5) is 12.0. The van der Waals surface area contributed by atoms with Crippen molar-refractivity contribution in [2.75, 3.05) is 12.4 Å². The topological polar surface area (TPSA) is 89.6 Å². The van der Waals surface area contributed by atoms with E-state index in [9.17, 15) is 14.1 Å². The third-order valence-corrected chi connectivity index (χ3v) is 4.10. The fraction of sp³-hybridized carbons (Fsp3) is 0.133. The molecule has 0 unspecified atom stereocenters. The molecule has 6 heteroatoms. The van der Waals surface area contributed by atoms with E-state index >= 15 is 0 Å². The quantitative estimate of drug-likeness (QED) is 0.849. The smallest absolute Gasteiger partial charge is 0.252 e. The number of primary amides is 1. The summed E-state index contributed by atoms with van der Waals surface area (Å²) >= 11 is 0. The highest BCUT2D eigenvalue weighted by Crippen LogP contribution is 2.23. The van der Waals surface area contributed by atoms with Crippen molar-refractivity contribution in [1.82, 2.24) is 0 Å². The van der Waals surface area contributed by atoms with Gasteiger partial charge >= 0.3 is 0 Å². The molecule has 3 N–H and O–H groups in total. The molecular weight excluding hydrogens is 290 g/mol. The van der Waals surface area contributed by atoms with Crippen molar-refractivity contribution in [3.8, 4) is 11.5 Å². The Bertz CT molecular complexity index is 658. The lowest BCUT2D eigenvalue weighted by molar-refractivity contribution is 0.0996. The number of rotatable bonds is 6. The predicted octanol–water partition coefficient (Wildman–Crippen LogP) is 1.68. The third kappa shape index (κ3) is 4.06. The fourth-order valence-corrected chi connectivity index (χ4v) is 2.68. The summed E-state index contributed by atoms with van der Waals surface area (Å²) in [6, 6.07) is 13.2. The van der Waals surface area contributed by atoms with Crippen LogP contribution in [0.4, 0.5) is 0 Å². The van der Waals surface area contributed by atoms with Gasteiger partial charge in [0, 0.05) is 4.90 Å². The summed E-state index contributed by atoms with van der Waals surface area (Å²) < 4.78 is 17.4. The number of hydrogen-bond donors (Lipinski definition) is 2. The Morgan fingerprint density at radius 2 is 1.90 bits per heavy atom. The molecule has 0 heterocycles. The number of ether oxygens (including phenoxy) is 1. The highest BCUT2D eigenvalue weighted by atomic mass is 32.2. The van der Waals surface area contributed by atoms with Crippen molar-refractivity contribution in [3.63, 3.8) is 0 Å². The van der Waals surface area contributed by atoms with Crippen LogP contribution >= 0.6 is 0 Å². The minimum atomic E-state index is -1.17. The maximum atomic E-state index is 12.0. The van der Waals surface area contributed by atoms with E-state index in [-0.39, 0.29) is 23.7 Å². The molecule has 0 fully saturated rings. The third-order valence-electron chi connectivity index (χ3n) is 2.76. The summed E-state index contributed by atoms with van der Waals surface area (Å²) in [5.41, 5.74) is 5.31. The zero-order valence-electron chi connectivity index (χ0n) is 11.2. The van der Waals surface area contributed by atoms with Gasteiger partial charge in [0.25, 0.3) is 5.91 Å². The number of hydrogen-bond acceptors (Lipinski definition) is 4. The molecule has 0 aliphatic rings. The van der Waals surface area contributed by atoms with Gasteiger partial charge < -0.3 is 15.6 Å². The number of benzene rings is 2. The molecule has 2 aromatic rings. The number of carbonyl (C=O) groups is 1. The van der Waals surface area contributed by atoms with Gasteiger partial charge in [-0.2, -0.15) is 0 Å². The van der Waals surface area contributed by atoms with Gasteiger partial charge in [0.1, 0.15) is 18.1 Å². The Labute approximate surface area is 124 Å². The summed E-state index contributed by atoms with van der Waals surface area (Å²) in [6.45, 7) is 0.173. The van der Waals surface area contributed by atoms with E-state index < -0.39 is 16.7 Å². The summed E-state index contributed by atoms with van der Waals surface area (Å²) in [7, 11) is -1.17. The first-order valence-corrected chi connectivity index (χ1v) is 7.59. The first-order valence-electron chi connectivity index (χ1n) is 6.27. The molecule has 110 valence electrons. The molecule has 0 aromatic heterocycles. The van der Waals surface area contributed by atoms with Crippen LogP contribution in [0.1, 0.15) is 10.4 Å². The molecule has 1 atom stereocenters. The maximum absolute atomic E-state index is 12.0. The van der Waals surface area contributed by atoms with Gasteiger partial charge in [0.05, 0.1) is 22.1 Å². The van der Waals surface area contributed by atoms with Gasteiger partial charge in [-0.15, -0.1) is 0 Å². The number of phenols is 1. The van der Waals surface area contributed by atoms with E-state index in [1.807, 2.05) is 18.2 Å². The lowest BCUT2D eigenvalue weighted by Crippen LogP contribution is -2.15. The van der Waals surface area contributed by atoms with Gasteiger partial charge in [0.2, 0.25) is 0 Å². The van der Waals surface area contributed by atoms with Crippen LogP contribution < -0.4 is 10.5 Å². The zero-order chi connectivity index (χ0) is 15.2. The zero-order valence-corrected chi connectivity index (χ0v) is 12.0. The first-order chi connectivity index (χ1) is 10.1. The van der Waals surface area contributed by atoms with Crippen LogP contribution in [0, 0.1) is 0 Å². The average Bonchev–Trinajstić information content (AvgIpc) is 2.49. The Morgan fingerprint density at radius 1 is 1.19 bits per heavy atom. The molecule has 2 rings (SSSR count). The largest absolute Gasteiger partial charge is 0.508 e. The molecule has 2 aromatic carbocycles. The fourth-order valence-electron chi connectivity index (χ4n) is 1.75. The first kappa shape index (κ1) is 15.1. The highest BCUT2D eigenvalue weighted by Gasteiger charge is 2.11. The lowest BCUT2D eigenvalue weighted by Gasteiger charge is -2.10. The van der Waals surface area contributed by atoms with Crippen molar-refractivity contribution in [2.24, 2.45) is 5.73 Å². The second kappa shape index (κ2) is 6.90. The van der Waals surface area contributed by atoms with E-state index in [0.717, 1.165) is 4.90 Å². The van der Waals surface area contributed by atoms with Crippen molar-refractivity contribution < 1.29 is 18.8 Å². The lowest BCUT2D eigenvalue weighted by atomic mass is 10.2. The van der Waals surface area contributed by atoms with E-state index in [2.05, 4.69) is 0 Å². The van der Waals surface area contributed by atoms with Crippen LogP contribution in [0.25, 0.3) is 0 Å². The van der Waals surface area contributed by atoms with Crippen LogP contribution in [-0.4, -0.2) is 27.6 Å². The predicted molar refractivity (Wildman–Crippen MR) is 79.8 cm³/mol. The average molecular weight is 305 g/mol. The van der Waals surface area contributed by atoms with E-state index in [4.69, 9.17) is 10.5 Å². The Morgan fingerprint density at radius 3 is 2.57 bits per heavy atom. The molecule has 21 heavy (non-hydrogen) atoms. The number of carbonyl (C=O) groups excluding carboxylic acids is 1. The molecule has 1 amide bonds.